The number of hydrogen-bond acceptors (Lipinski definition) is 7. The van der Waals surface area contributed by atoms with E-state index in [1.165, 1.54) is 25.3 Å². The fourth-order valence-electron chi connectivity index (χ4n) is 3.76. The molecule has 3 aromatic carbocycles. The van der Waals surface area contributed by atoms with Crippen LogP contribution in [0.2, 0.25) is 5.02 Å². The lowest BCUT2D eigenvalue weighted by atomic mass is 10.1. The molecule has 1 N–H and O–H groups in total. The Labute approximate surface area is 224 Å². The van der Waals surface area contributed by atoms with E-state index in [2.05, 4.69) is 21.2 Å². The number of nitrogens with one attached hydrogen (secondary N) is 1. The third kappa shape index (κ3) is 4.98. The Balaban J connectivity index is 1.41. The number of carbonyl (C=O) groups excluding carboxylic acids is 3. The van der Waals surface area contributed by atoms with E-state index < -0.39 is 17.8 Å². The number of ether oxygens (including phenoxy) is 4. The van der Waals surface area contributed by atoms with Gasteiger partial charge in [-0.2, -0.15) is 0 Å². The second kappa shape index (κ2) is 10.2. The van der Waals surface area contributed by atoms with Gasteiger partial charge in [0.25, 0.3) is 11.8 Å². The molecular formula is C26H18BrClN2O7. The SMILES string of the molecule is COc1cc(/C=C2\C(=O)NC(=O)N(c3ccc(Cl)cc3)C2=O)c(Br)cc1OCc1ccc2c(c1)OCO2. The van der Waals surface area contributed by atoms with Gasteiger partial charge in [-0.15, -0.1) is 0 Å². The van der Waals surface area contributed by atoms with Crippen LogP contribution in [0.4, 0.5) is 10.5 Å². The maximum Gasteiger partial charge on any atom is 0.335 e. The molecule has 2 heterocycles. The van der Waals surface area contributed by atoms with Gasteiger partial charge in [-0.1, -0.05) is 33.6 Å². The molecule has 1 saturated heterocycles. The summed E-state index contributed by atoms with van der Waals surface area (Å²) in [5.74, 6) is 0.563. The Morgan fingerprint density at radius 2 is 1.78 bits per heavy atom. The fourth-order valence-corrected chi connectivity index (χ4v) is 4.33. The summed E-state index contributed by atoms with van der Waals surface area (Å²) in [7, 11) is 1.48. The van der Waals surface area contributed by atoms with E-state index in [9.17, 15) is 14.4 Å². The van der Waals surface area contributed by atoms with Crippen molar-refractivity contribution in [3.8, 4) is 23.0 Å². The zero-order valence-corrected chi connectivity index (χ0v) is 21.6. The quantitative estimate of drug-likeness (QED) is 0.318. The maximum absolute atomic E-state index is 13.2. The summed E-state index contributed by atoms with van der Waals surface area (Å²) in [4.78, 5) is 39.0. The van der Waals surface area contributed by atoms with E-state index in [1.807, 2.05) is 18.2 Å². The molecule has 0 unspecified atom stereocenters. The smallest absolute Gasteiger partial charge is 0.335 e. The minimum Gasteiger partial charge on any atom is -0.493 e. The van der Waals surface area contributed by atoms with Gasteiger partial charge in [0.15, 0.2) is 23.0 Å². The highest BCUT2D eigenvalue weighted by Gasteiger charge is 2.37. The molecule has 4 amide bonds. The molecule has 0 radical (unpaired) electrons. The van der Waals surface area contributed by atoms with Crippen LogP contribution in [-0.2, 0) is 16.2 Å². The van der Waals surface area contributed by atoms with Crippen LogP contribution < -0.4 is 29.2 Å². The standard InChI is InChI=1S/C26H18BrClN2O7/c1-34-21-10-15(19(27)11-23(21)35-12-14-2-7-20-22(8-14)37-13-36-20)9-18-24(31)29-26(33)30(25(18)32)17-5-3-16(28)4-6-17/h2-11H,12-13H2,1H3,(H,29,31,33)/b18-9+. The Morgan fingerprint density at radius 3 is 2.54 bits per heavy atom. The van der Waals surface area contributed by atoms with E-state index in [0.29, 0.717) is 38.1 Å². The predicted octanol–water partition coefficient (Wildman–Crippen LogP) is 5.09. The number of barbiturate groups is 1. The molecule has 2 aliphatic heterocycles. The topological polar surface area (TPSA) is 103 Å². The van der Waals surface area contributed by atoms with E-state index >= 15 is 0 Å². The highest BCUT2D eigenvalue weighted by atomic mass is 79.9. The summed E-state index contributed by atoms with van der Waals surface area (Å²) < 4.78 is 22.7. The van der Waals surface area contributed by atoms with E-state index in [1.54, 1.807) is 24.3 Å². The summed E-state index contributed by atoms with van der Waals surface area (Å²) >= 11 is 9.38. The van der Waals surface area contributed by atoms with Gasteiger partial charge in [-0.05, 0) is 65.7 Å². The van der Waals surface area contributed by atoms with E-state index in [4.69, 9.17) is 30.5 Å². The lowest BCUT2D eigenvalue weighted by Crippen LogP contribution is -2.54. The molecule has 188 valence electrons. The van der Waals surface area contributed by atoms with Crippen LogP contribution in [0.3, 0.4) is 0 Å². The van der Waals surface area contributed by atoms with Gasteiger partial charge < -0.3 is 18.9 Å². The molecule has 5 rings (SSSR count). The lowest BCUT2D eigenvalue weighted by molar-refractivity contribution is -0.122. The molecular weight excluding hydrogens is 568 g/mol. The van der Waals surface area contributed by atoms with Gasteiger partial charge in [0, 0.05) is 9.50 Å². The average molecular weight is 586 g/mol. The average Bonchev–Trinajstić information content (AvgIpc) is 3.35. The van der Waals surface area contributed by atoms with Crippen LogP contribution in [0.15, 0.2) is 64.6 Å². The third-order valence-corrected chi connectivity index (χ3v) is 6.54. The van der Waals surface area contributed by atoms with Gasteiger partial charge in [0.05, 0.1) is 12.8 Å². The summed E-state index contributed by atoms with van der Waals surface area (Å²) in [6.45, 7) is 0.419. The maximum atomic E-state index is 13.2. The monoisotopic (exact) mass is 584 g/mol. The third-order valence-electron chi connectivity index (χ3n) is 5.60. The first kappa shape index (κ1) is 24.7. The van der Waals surface area contributed by atoms with Gasteiger partial charge >= 0.3 is 6.03 Å². The zero-order valence-electron chi connectivity index (χ0n) is 19.2. The predicted molar refractivity (Wildman–Crippen MR) is 138 cm³/mol. The molecule has 3 aromatic rings. The highest BCUT2D eigenvalue weighted by molar-refractivity contribution is 9.10. The number of imide groups is 2. The minimum absolute atomic E-state index is 0.184. The Kier molecular flexibility index (Phi) is 6.77. The first-order chi connectivity index (χ1) is 17.8. The normalized spacial score (nSPS) is 15.7. The van der Waals surface area contributed by atoms with Crippen LogP contribution >= 0.6 is 27.5 Å². The number of halogens is 2. The number of rotatable bonds is 6. The van der Waals surface area contributed by atoms with Crippen LogP contribution in [0, 0.1) is 0 Å². The molecule has 11 heteroatoms. The van der Waals surface area contributed by atoms with Crippen molar-refractivity contribution in [3.63, 3.8) is 0 Å². The molecule has 0 aliphatic carbocycles. The van der Waals surface area contributed by atoms with Crippen LogP contribution in [0.25, 0.3) is 6.08 Å². The van der Waals surface area contributed by atoms with Crippen molar-refractivity contribution < 1.29 is 33.3 Å². The molecule has 37 heavy (non-hydrogen) atoms. The Bertz CT molecular complexity index is 1460. The molecule has 0 bridgehead atoms. The van der Waals surface area contributed by atoms with E-state index in [-0.39, 0.29) is 24.7 Å². The van der Waals surface area contributed by atoms with Crippen molar-refractivity contribution in [2.24, 2.45) is 0 Å². The first-order valence-corrected chi connectivity index (χ1v) is 12.1. The molecule has 0 aromatic heterocycles. The molecule has 0 spiro atoms. The van der Waals surface area contributed by atoms with Crippen LogP contribution in [0.5, 0.6) is 23.0 Å². The minimum atomic E-state index is -0.849. The van der Waals surface area contributed by atoms with Gasteiger partial charge in [-0.25, -0.2) is 9.69 Å². The second-order valence-electron chi connectivity index (χ2n) is 7.94. The van der Waals surface area contributed by atoms with Crippen molar-refractivity contribution in [2.45, 2.75) is 6.61 Å². The molecule has 9 nitrogen and oxygen atoms in total. The lowest BCUT2D eigenvalue weighted by Gasteiger charge is -2.26. The Morgan fingerprint density at radius 1 is 1.03 bits per heavy atom. The van der Waals surface area contributed by atoms with Crippen molar-refractivity contribution in [1.29, 1.82) is 0 Å². The Hall–Kier alpha value is -4.02. The largest absolute Gasteiger partial charge is 0.493 e. The summed E-state index contributed by atoms with van der Waals surface area (Å²) in [5.41, 5.74) is 1.38. The number of amides is 4. The van der Waals surface area contributed by atoms with Crippen molar-refractivity contribution >= 4 is 57.1 Å². The van der Waals surface area contributed by atoms with Gasteiger partial charge in [-0.3, -0.25) is 14.9 Å². The number of fused-ring (bicyclic) bond motifs is 1. The summed E-state index contributed by atoms with van der Waals surface area (Å²) in [5, 5.41) is 2.64. The molecule has 0 atom stereocenters. The number of hydrogen-bond donors (Lipinski definition) is 1. The van der Waals surface area contributed by atoms with Gasteiger partial charge in [0.1, 0.15) is 12.2 Å². The number of methoxy groups -OCH3 is 1. The summed E-state index contributed by atoms with van der Waals surface area (Å²) in [6.07, 6.45) is 1.38. The first-order valence-electron chi connectivity index (χ1n) is 10.9. The summed E-state index contributed by atoms with van der Waals surface area (Å²) in [6, 6.07) is 14.1. The molecule has 0 saturated carbocycles. The van der Waals surface area contributed by atoms with Crippen LogP contribution in [0.1, 0.15) is 11.1 Å². The number of anilines is 1. The van der Waals surface area contributed by atoms with Crippen molar-refractivity contribution in [2.75, 3.05) is 18.8 Å². The number of carbonyl (C=O) groups is 3. The highest BCUT2D eigenvalue weighted by Crippen LogP contribution is 2.37. The zero-order chi connectivity index (χ0) is 26.1. The van der Waals surface area contributed by atoms with Crippen LogP contribution in [-0.4, -0.2) is 31.7 Å². The number of benzene rings is 3. The van der Waals surface area contributed by atoms with Gasteiger partial charge in [0.2, 0.25) is 6.79 Å². The second-order valence-corrected chi connectivity index (χ2v) is 9.23. The molecule has 2 aliphatic rings. The van der Waals surface area contributed by atoms with Crippen molar-refractivity contribution in [1.82, 2.24) is 5.32 Å². The van der Waals surface area contributed by atoms with Crippen molar-refractivity contribution in [3.05, 3.63) is 80.8 Å². The fraction of sp³-hybridized carbons (Fsp3) is 0.115. The molecule has 1 fully saturated rings. The number of nitrogens with zero attached hydrogens (tertiary/aromatic N) is 1. The number of urea groups is 1. The van der Waals surface area contributed by atoms with E-state index in [0.717, 1.165) is 10.5 Å².